The maximum atomic E-state index is 11.8. The van der Waals surface area contributed by atoms with Gasteiger partial charge in [-0.2, -0.15) is 5.26 Å². The molecule has 1 N–H and O–H groups in total. The SMILES string of the molecule is COc1ccc(/C=C(/C#N)C(=O)NC(C)C)c(OC)c1. The van der Waals surface area contributed by atoms with E-state index in [2.05, 4.69) is 5.32 Å². The smallest absolute Gasteiger partial charge is 0.262 e. The highest BCUT2D eigenvalue weighted by molar-refractivity contribution is 6.02. The van der Waals surface area contributed by atoms with Crippen LogP contribution in [0.3, 0.4) is 0 Å². The van der Waals surface area contributed by atoms with Crippen molar-refractivity contribution in [1.82, 2.24) is 5.32 Å². The molecule has 0 unspecified atom stereocenters. The summed E-state index contributed by atoms with van der Waals surface area (Å²) in [5.74, 6) is 0.777. The number of nitrogens with one attached hydrogen (secondary N) is 1. The molecular weight excluding hydrogens is 256 g/mol. The third-order valence-corrected chi connectivity index (χ3v) is 2.53. The Labute approximate surface area is 118 Å². The van der Waals surface area contributed by atoms with Gasteiger partial charge < -0.3 is 14.8 Å². The first-order chi connectivity index (χ1) is 9.51. The van der Waals surface area contributed by atoms with Crippen molar-refractivity contribution in [2.75, 3.05) is 14.2 Å². The Bertz CT molecular complexity index is 557. The lowest BCUT2D eigenvalue weighted by molar-refractivity contribution is -0.117. The third kappa shape index (κ3) is 4.02. The Morgan fingerprint density at radius 2 is 2.05 bits per heavy atom. The minimum absolute atomic E-state index is 0.0298. The second-order valence-corrected chi connectivity index (χ2v) is 4.41. The van der Waals surface area contributed by atoms with E-state index in [1.807, 2.05) is 19.9 Å². The summed E-state index contributed by atoms with van der Waals surface area (Å²) in [5, 5.41) is 11.8. The van der Waals surface area contributed by atoms with E-state index in [1.54, 1.807) is 25.3 Å². The van der Waals surface area contributed by atoms with Crippen molar-refractivity contribution in [3.63, 3.8) is 0 Å². The van der Waals surface area contributed by atoms with Crippen LogP contribution in [0.25, 0.3) is 6.08 Å². The zero-order valence-electron chi connectivity index (χ0n) is 12.1. The maximum Gasteiger partial charge on any atom is 0.262 e. The molecule has 106 valence electrons. The van der Waals surface area contributed by atoms with Crippen LogP contribution in [0.2, 0.25) is 0 Å². The second kappa shape index (κ2) is 7.19. The summed E-state index contributed by atoms with van der Waals surface area (Å²) >= 11 is 0. The van der Waals surface area contributed by atoms with Gasteiger partial charge in [-0.3, -0.25) is 4.79 Å². The molecule has 1 aromatic carbocycles. The number of carbonyl (C=O) groups is 1. The number of carbonyl (C=O) groups excluding carboxylic acids is 1. The summed E-state index contributed by atoms with van der Waals surface area (Å²) < 4.78 is 10.3. The predicted octanol–water partition coefficient (Wildman–Crippen LogP) is 2.14. The highest BCUT2D eigenvalue weighted by Gasteiger charge is 2.12. The van der Waals surface area contributed by atoms with Gasteiger partial charge in [-0.15, -0.1) is 0 Å². The molecule has 20 heavy (non-hydrogen) atoms. The van der Waals surface area contributed by atoms with Crippen LogP contribution >= 0.6 is 0 Å². The molecule has 1 aromatic rings. The average Bonchev–Trinajstić information content (AvgIpc) is 2.43. The van der Waals surface area contributed by atoms with Crippen LogP contribution in [0.15, 0.2) is 23.8 Å². The Kier molecular flexibility index (Phi) is 5.60. The van der Waals surface area contributed by atoms with Gasteiger partial charge in [0.25, 0.3) is 5.91 Å². The van der Waals surface area contributed by atoms with E-state index in [0.29, 0.717) is 17.1 Å². The standard InChI is InChI=1S/C15H18N2O3/c1-10(2)17-15(18)12(9-16)7-11-5-6-13(19-3)8-14(11)20-4/h5-8,10H,1-4H3,(H,17,18)/b12-7-. The van der Waals surface area contributed by atoms with Crippen molar-refractivity contribution in [3.05, 3.63) is 29.3 Å². The molecule has 1 amide bonds. The lowest BCUT2D eigenvalue weighted by Gasteiger charge is -2.09. The number of nitrogens with zero attached hydrogens (tertiary/aromatic N) is 1. The van der Waals surface area contributed by atoms with E-state index >= 15 is 0 Å². The minimum atomic E-state index is -0.402. The summed E-state index contributed by atoms with van der Waals surface area (Å²) in [6, 6.07) is 7.04. The van der Waals surface area contributed by atoms with Gasteiger partial charge in [-0.1, -0.05) is 0 Å². The molecular formula is C15H18N2O3. The van der Waals surface area contributed by atoms with Crippen LogP contribution in [0, 0.1) is 11.3 Å². The Balaban J connectivity index is 3.13. The van der Waals surface area contributed by atoms with E-state index in [-0.39, 0.29) is 11.6 Å². The van der Waals surface area contributed by atoms with E-state index in [9.17, 15) is 4.79 Å². The fourth-order valence-electron chi connectivity index (χ4n) is 1.58. The van der Waals surface area contributed by atoms with Crippen LogP contribution in [-0.4, -0.2) is 26.2 Å². The van der Waals surface area contributed by atoms with Crippen molar-refractivity contribution in [1.29, 1.82) is 5.26 Å². The van der Waals surface area contributed by atoms with E-state index < -0.39 is 5.91 Å². The number of hydrogen-bond donors (Lipinski definition) is 1. The molecule has 0 saturated carbocycles. The topological polar surface area (TPSA) is 71.3 Å². The first-order valence-electron chi connectivity index (χ1n) is 6.16. The Morgan fingerprint density at radius 3 is 2.55 bits per heavy atom. The molecule has 0 saturated heterocycles. The van der Waals surface area contributed by atoms with Gasteiger partial charge in [-0.25, -0.2) is 0 Å². The molecule has 5 heteroatoms. The van der Waals surface area contributed by atoms with E-state index in [0.717, 1.165) is 0 Å². The summed E-state index contributed by atoms with van der Waals surface area (Å²) in [6.45, 7) is 3.67. The van der Waals surface area contributed by atoms with Crippen molar-refractivity contribution in [2.24, 2.45) is 0 Å². The molecule has 0 aromatic heterocycles. The van der Waals surface area contributed by atoms with Crippen LogP contribution < -0.4 is 14.8 Å². The van der Waals surface area contributed by atoms with Gasteiger partial charge in [0.05, 0.1) is 14.2 Å². The number of methoxy groups -OCH3 is 2. The van der Waals surface area contributed by atoms with Crippen molar-refractivity contribution in [3.8, 4) is 17.6 Å². The lowest BCUT2D eigenvalue weighted by Crippen LogP contribution is -2.30. The summed E-state index contributed by atoms with van der Waals surface area (Å²) in [7, 11) is 3.08. The molecule has 0 bridgehead atoms. The van der Waals surface area contributed by atoms with Crippen LogP contribution in [0.1, 0.15) is 19.4 Å². The van der Waals surface area contributed by atoms with Crippen LogP contribution in [0.5, 0.6) is 11.5 Å². The number of rotatable bonds is 5. The van der Waals surface area contributed by atoms with Crippen molar-refractivity contribution in [2.45, 2.75) is 19.9 Å². The number of nitriles is 1. The molecule has 0 heterocycles. The Hall–Kier alpha value is -2.48. The van der Waals surface area contributed by atoms with Gasteiger partial charge in [0.15, 0.2) is 0 Å². The highest BCUT2D eigenvalue weighted by atomic mass is 16.5. The molecule has 5 nitrogen and oxygen atoms in total. The number of hydrogen-bond acceptors (Lipinski definition) is 4. The van der Waals surface area contributed by atoms with Crippen molar-refractivity contribution >= 4 is 12.0 Å². The highest BCUT2D eigenvalue weighted by Crippen LogP contribution is 2.26. The number of benzene rings is 1. The molecule has 0 aliphatic heterocycles. The summed E-state index contributed by atoms with van der Waals surface area (Å²) in [4.78, 5) is 11.8. The first-order valence-corrected chi connectivity index (χ1v) is 6.16. The first kappa shape index (κ1) is 15.6. The normalized spacial score (nSPS) is 10.9. The zero-order chi connectivity index (χ0) is 15.1. The fourth-order valence-corrected chi connectivity index (χ4v) is 1.58. The monoisotopic (exact) mass is 274 g/mol. The lowest BCUT2D eigenvalue weighted by atomic mass is 10.1. The van der Waals surface area contributed by atoms with Gasteiger partial charge in [-0.05, 0) is 32.1 Å². The molecule has 0 aliphatic carbocycles. The van der Waals surface area contributed by atoms with Gasteiger partial charge in [0.2, 0.25) is 0 Å². The largest absolute Gasteiger partial charge is 0.497 e. The molecule has 0 spiro atoms. The van der Waals surface area contributed by atoms with Crippen LogP contribution in [-0.2, 0) is 4.79 Å². The minimum Gasteiger partial charge on any atom is -0.497 e. The number of ether oxygens (including phenoxy) is 2. The zero-order valence-corrected chi connectivity index (χ0v) is 12.1. The number of amides is 1. The summed E-state index contributed by atoms with van der Waals surface area (Å²) in [6.07, 6.45) is 1.50. The fraction of sp³-hybridized carbons (Fsp3) is 0.333. The van der Waals surface area contributed by atoms with Gasteiger partial charge >= 0.3 is 0 Å². The Morgan fingerprint density at radius 1 is 1.35 bits per heavy atom. The molecule has 0 aliphatic rings. The molecule has 0 radical (unpaired) electrons. The predicted molar refractivity (Wildman–Crippen MR) is 76.4 cm³/mol. The molecule has 1 rings (SSSR count). The molecule has 0 atom stereocenters. The third-order valence-electron chi connectivity index (χ3n) is 2.53. The molecule has 0 fully saturated rings. The summed E-state index contributed by atoms with van der Waals surface area (Å²) in [5.41, 5.74) is 0.672. The quantitative estimate of drug-likeness (QED) is 0.659. The van der Waals surface area contributed by atoms with E-state index in [4.69, 9.17) is 14.7 Å². The second-order valence-electron chi connectivity index (χ2n) is 4.41. The van der Waals surface area contributed by atoms with Crippen molar-refractivity contribution < 1.29 is 14.3 Å². The van der Waals surface area contributed by atoms with Gasteiger partial charge in [0.1, 0.15) is 23.1 Å². The average molecular weight is 274 g/mol. The van der Waals surface area contributed by atoms with Crippen LogP contribution in [0.4, 0.5) is 0 Å². The van der Waals surface area contributed by atoms with Gasteiger partial charge in [0, 0.05) is 17.7 Å². The maximum absolute atomic E-state index is 11.8. The van der Waals surface area contributed by atoms with E-state index in [1.165, 1.54) is 13.2 Å².